The number of anilines is 1. The molecular weight excluding hydrogens is 248 g/mol. The number of rotatable bonds is 5. The Hall–Kier alpha value is -2.36. The third kappa shape index (κ3) is 3.15. The average Bonchev–Trinajstić information content (AvgIpc) is 2.45. The molecule has 2 rings (SSSR count). The Morgan fingerprint density at radius 2 is 1.90 bits per heavy atom. The molecule has 104 valence electrons. The molecule has 0 amide bonds. The van der Waals surface area contributed by atoms with Crippen molar-refractivity contribution in [3.8, 4) is 0 Å². The zero-order valence-corrected chi connectivity index (χ0v) is 11.9. The largest absolute Gasteiger partial charge is 0.382 e. The number of nitrogens with two attached hydrogens (primary N) is 1. The molecule has 4 nitrogen and oxygen atoms in total. The van der Waals surface area contributed by atoms with E-state index < -0.39 is 0 Å². The van der Waals surface area contributed by atoms with Crippen LogP contribution in [0.4, 0.5) is 5.69 Å². The molecule has 0 atom stereocenters. The summed E-state index contributed by atoms with van der Waals surface area (Å²) in [5, 5.41) is 7.68. The lowest BCUT2D eigenvalue weighted by atomic mass is 10.1. The molecular formula is C16H20N4. The van der Waals surface area contributed by atoms with E-state index in [0.29, 0.717) is 5.69 Å². The van der Waals surface area contributed by atoms with Gasteiger partial charge in [-0.1, -0.05) is 30.3 Å². The SMILES string of the molecule is CC(C)N(Cc1ccccc1)c1cccnc1C(=N)N. The van der Waals surface area contributed by atoms with Crippen molar-refractivity contribution < 1.29 is 0 Å². The molecule has 0 saturated heterocycles. The molecule has 0 aliphatic heterocycles. The van der Waals surface area contributed by atoms with Crippen molar-refractivity contribution in [1.82, 2.24) is 4.98 Å². The Balaban J connectivity index is 2.37. The smallest absolute Gasteiger partial charge is 0.143 e. The topological polar surface area (TPSA) is 66.0 Å². The van der Waals surface area contributed by atoms with Gasteiger partial charge in [-0.15, -0.1) is 0 Å². The summed E-state index contributed by atoms with van der Waals surface area (Å²) in [5.74, 6) is -0.000637. The molecule has 1 aromatic heterocycles. The lowest BCUT2D eigenvalue weighted by Crippen LogP contribution is -2.32. The van der Waals surface area contributed by atoms with Crippen LogP contribution in [-0.2, 0) is 6.54 Å². The second kappa shape index (κ2) is 6.19. The highest BCUT2D eigenvalue weighted by molar-refractivity contribution is 5.98. The van der Waals surface area contributed by atoms with Gasteiger partial charge in [0.15, 0.2) is 0 Å². The summed E-state index contributed by atoms with van der Waals surface area (Å²) in [6.45, 7) is 5.02. The maximum Gasteiger partial charge on any atom is 0.143 e. The van der Waals surface area contributed by atoms with Gasteiger partial charge in [-0.05, 0) is 31.5 Å². The van der Waals surface area contributed by atoms with Gasteiger partial charge in [-0.2, -0.15) is 0 Å². The number of nitrogen functional groups attached to an aromatic ring is 1. The van der Waals surface area contributed by atoms with Gasteiger partial charge < -0.3 is 10.6 Å². The predicted molar refractivity (Wildman–Crippen MR) is 83.0 cm³/mol. The third-order valence-electron chi connectivity index (χ3n) is 3.17. The van der Waals surface area contributed by atoms with E-state index in [4.69, 9.17) is 11.1 Å². The molecule has 0 spiro atoms. The van der Waals surface area contributed by atoms with Crippen molar-refractivity contribution in [3.63, 3.8) is 0 Å². The minimum atomic E-state index is -0.000637. The fourth-order valence-corrected chi connectivity index (χ4v) is 2.16. The highest BCUT2D eigenvalue weighted by Crippen LogP contribution is 2.22. The molecule has 2 aromatic rings. The summed E-state index contributed by atoms with van der Waals surface area (Å²) in [4.78, 5) is 6.44. The molecule has 4 heteroatoms. The number of benzene rings is 1. The van der Waals surface area contributed by atoms with Gasteiger partial charge in [0.1, 0.15) is 11.5 Å². The van der Waals surface area contributed by atoms with Crippen LogP contribution in [0.5, 0.6) is 0 Å². The number of hydrogen-bond acceptors (Lipinski definition) is 3. The lowest BCUT2D eigenvalue weighted by molar-refractivity contribution is 0.680. The molecule has 0 aliphatic carbocycles. The van der Waals surface area contributed by atoms with E-state index >= 15 is 0 Å². The van der Waals surface area contributed by atoms with Crippen molar-refractivity contribution in [1.29, 1.82) is 5.41 Å². The van der Waals surface area contributed by atoms with E-state index in [1.165, 1.54) is 5.56 Å². The lowest BCUT2D eigenvalue weighted by Gasteiger charge is -2.30. The van der Waals surface area contributed by atoms with Gasteiger partial charge in [-0.25, -0.2) is 0 Å². The number of amidine groups is 1. The zero-order valence-electron chi connectivity index (χ0n) is 11.9. The Morgan fingerprint density at radius 1 is 1.20 bits per heavy atom. The minimum absolute atomic E-state index is 0.000637. The normalized spacial score (nSPS) is 10.6. The first-order valence-corrected chi connectivity index (χ1v) is 6.69. The molecule has 0 saturated carbocycles. The molecule has 0 fully saturated rings. The van der Waals surface area contributed by atoms with Crippen LogP contribution in [0.15, 0.2) is 48.7 Å². The highest BCUT2D eigenvalue weighted by atomic mass is 15.2. The van der Waals surface area contributed by atoms with Crippen LogP contribution in [0.2, 0.25) is 0 Å². The van der Waals surface area contributed by atoms with Crippen LogP contribution in [0.1, 0.15) is 25.1 Å². The van der Waals surface area contributed by atoms with Crippen molar-refractivity contribution >= 4 is 11.5 Å². The van der Waals surface area contributed by atoms with E-state index in [0.717, 1.165) is 12.2 Å². The maximum absolute atomic E-state index is 7.68. The Kier molecular flexibility index (Phi) is 4.35. The number of nitrogens with one attached hydrogen (secondary N) is 1. The molecule has 1 aromatic carbocycles. The minimum Gasteiger partial charge on any atom is -0.382 e. The van der Waals surface area contributed by atoms with Crippen LogP contribution in [0, 0.1) is 5.41 Å². The van der Waals surface area contributed by atoms with Crippen molar-refractivity contribution in [2.45, 2.75) is 26.4 Å². The number of hydrogen-bond donors (Lipinski definition) is 2. The van der Waals surface area contributed by atoms with E-state index in [9.17, 15) is 0 Å². The molecule has 20 heavy (non-hydrogen) atoms. The van der Waals surface area contributed by atoms with Crippen LogP contribution < -0.4 is 10.6 Å². The van der Waals surface area contributed by atoms with Gasteiger partial charge in [0.05, 0.1) is 5.69 Å². The van der Waals surface area contributed by atoms with Crippen molar-refractivity contribution in [3.05, 3.63) is 59.9 Å². The predicted octanol–water partition coefficient (Wildman–Crippen LogP) is 2.78. The van der Waals surface area contributed by atoms with Crippen molar-refractivity contribution in [2.24, 2.45) is 5.73 Å². The Morgan fingerprint density at radius 3 is 2.50 bits per heavy atom. The van der Waals surface area contributed by atoms with Crippen LogP contribution in [0.3, 0.4) is 0 Å². The summed E-state index contributed by atoms with van der Waals surface area (Å²) >= 11 is 0. The molecule has 3 N–H and O–H groups in total. The fraction of sp³-hybridized carbons (Fsp3) is 0.250. The average molecular weight is 268 g/mol. The summed E-state index contributed by atoms with van der Waals surface area (Å²) in [7, 11) is 0. The van der Waals surface area contributed by atoms with E-state index in [2.05, 4.69) is 35.9 Å². The first kappa shape index (κ1) is 14.1. The summed E-state index contributed by atoms with van der Waals surface area (Å²) < 4.78 is 0. The van der Waals surface area contributed by atoms with E-state index in [-0.39, 0.29) is 11.9 Å². The number of nitrogens with zero attached hydrogens (tertiary/aromatic N) is 2. The fourth-order valence-electron chi connectivity index (χ4n) is 2.16. The summed E-state index contributed by atoms with van der Waals surface area (Å²) in [6, 6.07) is 14.4. The quantitative estimate of drug-likeness (QED) is 0.647. The van der Waals surface area contributed by atoms with E-state index in [1.807, 2.05) is 30.3 Å². The van der Waals surface area contributed by atoms with E-state index in [1.54, 1.807) is 6.20 Å². The number of aromatic nitrogens is 1. The van der Waals surface area contributed by atoms with Gasteiger partial charge in [0.2, 0.25) is 0 Å². The number of pyridine rings is 1. The van der Waals surface area contributed by atoms with Crippen LogP contribution in [-0.4, -0.2) is 16.9 Å². The summed E-state index contributed by atoms with van der Waals surface area (Å²) in [5.41, 5.74) is 8.30. The van der Waals surface area contributed by atoms with Gasteiger partial charge in [0, 0.05) is 18.8 Å². The Labute approximate surface area is 119 Å². The Bertz CT molecular complexity index is 578. The molecule has 1 heterocycles. The highest BCUT2D eigenvalue weighted by Gasteiger charge is 2.16. The van der Waals surface area contributed by atoms with Gasteiger partial charge in [0.25, 0.3) is 0 Å². The van der Waals surface area contributed by atoms with Crippen molar-refractivity contribution in [2.75, 3.05) is 4.90 Å². The molecule has 0 unspecified atom stereocenters. The monoisotopic (exact) mass is 268 g/mol. The first-order valence-electron chi connectivity index (χ1n) is 6.69. The molecule has 0 bridgehead atoms. The third-order valence-corrected chi connectivity index (χ3v) is 3.17. The van der Waals surface area contributed by atoms with Crippen LogP contribution >= 0.6 is 0 Å². The second-order valence-corrected chi connectivity index (χ2v) is 4.99. The zero-order chi connectivity index (χ0) is 14.5. The van der Waals surface area contributed by atoms with Gasteiger partial charge >= 0.3 is 0 Å². The summed E-state index contributed by atoms with van der Waals surface area (Å²) in [6.07, 6.45) is 1.67. The van der Waals surface area contributed by atoms with Gasteiger partial charge in [-0.3, -0.25) is 10.4 Å². The first-order chi connectivity index (χ1) is 9.59. The van der Waals surface area contributed by atoms with Crippen LogP contribution in [0.25, 0.3) is 0 Å². The molecule has 0 radical (unpaired) electrons. The standard InChI is InChI=1S/C16H20N4/c1-12(2)20(11-13-7-4-3-5-8-13)14-9-6-10-19-15(14)16(17)18/h3-10,12H,11H2,1-2H3,(H3,17,18). The molecule has 0 aliphatic rings. The maximum atomic E-state index is 7.68. The second-order valence-electron chi connectivity index (χ2n) is 4.99.